The number of rotatable bonds is 8. The van der Waals surface area contributed by atoms with E-state index in [2.05, 4.69) is 20.9 Å². The van der Waals surface area contributed by atoms with Crippen LogP contribution in [0, 0.1) is 0 Å². The minimum absolute atomic E-state index is 0. The Morgan fingerprint density at radius 1 is 1.10 bits per heavy atom. The van der Waals surface area contributed by atoms with Gasteiger partial charge >= 0.3 is 0 Å². The van der Waals surface area contributed by atoms with Crippen LogP contribution >= 0.6 is 39.7 Å². The Balaban J connectivity index is 0.00000320. The lowest BCUT2D eigenvalue weighted by atomic mass is 10.3. The molecular formula is C20H23BrClN3O3S2. The number of hydrogen-bond acceptors (Lipinski definition) is 6. The molecule has 0 saturated carbocycles. The summed E-state index contributed by atoms with van der Waals surface area (Å²) in [5.74, 6) is -0.477. The van der Waals surface area contributed by atoms with Crippen LogP contribution in [0.4, 0.5) is 5.13 Å². The van der Waals surface area contributed by atoms with Crippen LogP contribution in [0.3, 0.4) is 0 Å². The quantitative estimate of drug-likeness (QED) is 0.434. The highest BCUT2D eigenvalue weighted by molar-refractivity contribution is 9.10. The summed E-state index contributed by atoms with van der Waals surface area (Å²) < 4.78 is 27.0. The van der Waals surface area contributed by atoms with E-state index in [1.165, 1.54) is 11.3 Å². The Labute approximate surface area is 195 Å². The number of carbonyl (C=O) groups excluding carboxylic acids is 1. The molecule has 2 aromatic carbocycles. The number of benzene rings is 2. The number of sulfone groups is 1. The van der Waals surface area contributed by atoms with Crippen molar-refractivity contribution >= 4 is 70.8 Å². The average Bonchev–Trinajstić information content (AvgIpc) is 3.09. The van der Waals surface area contributed by atoms with E-state index in [9.17, 15) is 13.2 Å². The van der Waals surface area contributed by atoms with Gasteiger partial charge < -0.3 is 4.90 Å². The van der Waals surface area contributed by atoms with Gasteiger partial charge in [0.1, 0.15) is 0 Å². The topological polar surface area (TPSA) is 70.6 Å². The normalized spacial score (nSPS) is 11.5. The fourth-order valence-electron chi connectivity index (χ4n) is 2.73. The highest BCUT2D eigenvalue weighted by Crippen LogP contribution is 2.31. The van der Waals surface area contributed by atoms with Crippen LogP contribution in [0.25, 0.3) is 10.2 Å². The van der Waals surface area contributed by atoms with E-state index in [1.54, 1.807) is 35.2 Å². The van der Waals surface area contributed by atoms with Crippen LogP contribution in [0.1, 0.15) is 6.42 Å². The first kappa shape index (κ1) is 24.7. The third-order valence-electron chi connectivity index (χ3n) is 4.33. The van der Waals surface area contributed by atoms with E-state index in [0.717, 1.165) is 14.7 Å². The number of anilines is 1. The van der Waals surface area contributed by atoms with Crippen LogP contribution in [0.15, 0.2) is 57.9 Å². The molecule has 0 aliphatic carbocycles. The fourth-order valence-corrected chi connectivity index (χ4v) is 5.54. The average molecular weight is 533 g/mol. The Hall–Kier alpha value is -1.52. The number of thiazole rings is 1. The SMILES string of the molecule is CN(C)CCN(C(=O)CCS(=O)(=O)c1ccccc1)c1nc2ccc(Br)cc2s1.Cl. The molecule has 162 valence electrons. The molecule has 6 nitrogen and oxygen atoms in total. The lowest BCUT2D eigenvalue weighted by Gasteiger charge is -2.22. The molecule has 0 bridgehead atoms. The van der Waals surface area contributed by atoms with Crippen molar-refractivity contribution in [3.8, 4) is 0 Å². The van der Waals surface area contributed by atoms with Gasteiger partial charge in [-0.25, -0.2) is 13.4 Å². The van der Waals surface area contributed by atoms with Crippen molar-refractivity contribution < 1.29 is 13.2 Å². The second kappa shape index (κ2) is 10.7. The number of halogens is 2. The Kier molecular flexibility index (Phi) is 8.81. The van der Waals surface area contributed by atoms with Crippen molar-refractivity contribution in [1.29, 1.82) is 0 Å². The molecule has 3 aromatic rings. The third-order valence-corrected chi connectivity index (χ3v) is 7.60. The van der Waals surface area contributed by atoms with Crippen LogP contribution in [-0.4, -0.2) is 57.1 Å². The van der Waals surface area contributed by atoms with Gasteiger partial charge in [-0.3, -0.25) is 9.69 Å². The molecule has 0 unspecified atom stereocenters. The summed E-state index contributed by atoms with van der Waals surface area (Å²) >= 11 is 4.88. The number of amides is 1. The summed E-state index contributed by atoms with van der Waals surface area (Å²) in [5.41, 5.74) is 0.813. The molecule has 30 heavy (non-hydrogen) atoms. The van der Waals surface area contributed by atoms with Gasteiger partial charge in [-0.2, -0.15) is 0 Å². The van der Waals surface area contributed by atoms with Crippen LogP contribution < -0.4 is 4.90 Å². The second-order valence-electron chi connectivity index (χ2n) is 6.84. The number of likely N-dealkylation sites (N-methyl/N-ethyl adjacent to an activating group) is 1. The van der Waals surface area contributed by atoms with Gasteiger partial charge in [0.15, 0.2) is 15.0 Å². The van der Waals surface area contributed by atoms with Crippen LogP contribution in [0.5, 0.6) is 0 Å². The number of nitrogens with zero attached hydrogens (tertiary/aromatic N) is 3. The van der Waals surface area contributed by atoms with E-state index in [1.807, 2.05) is 37.2 Å². The van der Waals surface area contributed by atoms with E-state index >= 15 is 0 Å². The predicted octanol–water partition coefficient (Wildman–Crippen LogP) is 4.24. The molecule has 3 rings (SSSR count). The number of hydrogen-bond donors (Lipinski definition) is 0. The standard InChI is InChI=1S/C20H22BrN3O3S2.ClH/c1-23(2)11-12-24(20-22-17-9-8-15(21)14-18(17)28-20)19(25)10-13-29(26,27)16-6-4-3-5-7-16;/h3-9,14H,10-13H2,1-2H3;1H. The molecule has 0 radical (unpaired) electrons. The Morgan fingerprint density at radius 3 is 2.47 bits per heavy atom. The fraction of sp³-hybridized carbons (Fsp3) is 0.300. The lowest BCUT2D eigenvalue weighted by Crippen LogP contribution is -2.37. The first-order chi connectivity index (χ1) is 13.8. The zero-order valence-corrected chi connectivity index (χ0v) is 20.7. The molecule has 0 aliphatic rings. The van der Waals surface area contributed by atoms with E-state index in [-0.39, 0.29) is 35.4 Å². The summed E-state index contributed by atoms with van der Waals surface area (Å²) in [7, 11) is 0.343. The second-order valence-corrected chi connectivity index (χ2v) is 10.9. The van der Waals surface area contributed by atoms with E-state index < -0.39 is 9.84 Å². The zero-order valence-electron chi connectivity index (χ0n) is 16.6. The maximum Gasteiger partial charge on any atom is 0.229 e. The molecular weight excluding hydrogens is 510 g/mol. The highest BCUT2D eigenvalue weighted by atomic mass is 79.9. The van der Waals surface area contributed by atoms with Crippen molar-refractivity contribution in [1.82, 2.24) is 9.88 Å². The predicted molar refractivity (Wildman–Crippen MR) is 129 cm³/mol. The molecule has 1 heterocycles. The Morgan fingerprint density at radius 2 is 1.80 bits per heavy atom. The largest absolute Gasteiger partial charge is 0.308 e. The minimum atomic E-state index is -3.51. The molecule has 0 fully saturated rings. The molecule has 1 aromatic heterocycles. The van der Waals surface area contributed by atoms with Crippen LogP contribution in [0.2, 0.25) is 0 Å². The van der Waals surface area contributed by atoms with Gasteiger partial charge in [-0.1, -0.05) is 45.5 Å². The number of fused-ring (bicyclic) bond motifs is 1. The highest BCUT2D eigenvalue weighted by Gasteiger charge is 2.23. The summed E-state index contributed by atoms with van der Waals surface area (Å²) in [6.45, 7) is 1.09. The zero-order chi connectivity index (χ0) is 21.0. The smallest absolute Gasteiger partial charge is 0.229 e. The first-order valence-electron chi connectivity index (χ1n) is 9.05. The molecule has 0 N–H and O–H groups in total. The van der Waals surface area contributed by atoms with Gasteiger partial charge in [0.2, 0.25) is 5.91 Å². The van der Waals surface area contributed by atoms with Crippen molar-refractivity contribution in [3.63, 3.8) is 0 Å². The molecule has 0 aliphatic heterocycles. The minimum Gasteiger partial charge on any atom is -0.308 e. The van der Waals surface area contributed by atoms with Gasteiger partial charge in [0.25, 0.3) is 0 Å². The van der Waals surface area contributed by atoms with Crippen LogP contribution in [-0.2, 0) is 14.6 Å². The molecule has 0 atom stereocenters. The third kappa shape index (κ3) is 6.24. The first-order valence-corrected chi connectivity index (χ1v) is 12.3. The number of aromatic nitrogens is 1. The van der Waals surface area contributed by atoms with Crippen molar-refractivity contribution in [2.75, 3.05) is 37.8 Å². The Bertz CT molecular complexity index is 1100. The van der Waals surface area contributed by atoms with Gasteiger partial charge in [-0.15, -0.1) is 12.4 Å². The van der Waals surface area contributed by atoms with Gasteiger partial charge in [0, 0.05) is 24.0 Å². The van der Waals surface area contributed by atoms with Gasteiger partial charge in [-0.05, 0) is 44.4 Å². The summed E-state index contributed by atoms with van der Waals surface area (Å²) in [6, 6.07) is 14.0. The molecule has 10 heteroatoms. The van der Waals surface area contributed by atoms with Gasteiger partial charge in [0.05, 0.1) is 20.9 Å². The molecule has 0 spiro atoms. The lowest BCUT2D eigenvalue weighted by molar-refractivity contribution is -0.118. The van der Waals surface area contributed by atoms with Crippen molar-refractivity contribution in [2.45, 2.75) is 11.3 Å². The summed E-state index contributed by atoms with van der Waals surface area (Å²) in [6.07, 6.45) is -0.0930. The van der Waals surface area contributed by atoms with Crippen molar-refractivity contribution in [3.05, 3.63) is 53.0 Å². The van der Waals surface area contributed by atoms with Crippen molar-refractivity contribution in [2.24, 2.45) is 0 Å². The summed E-state index contributed by atoms with van der Waals surface area (Å²) in [4.78, 5) is 21.4. The summed E-state index contributed by atoms with van der Waals surface area (Å²) in [5, 5.41) is 0.585. The number of carbonyl (C=O) groups is 1. The molecule has 1 amide bonds. The monoisotopic (exact) mass is 531 g/mol. The van der Waals surface area contributed by atoms with E-state index in [0.29, 0.717) is 18.2 Å². The van der Waals surface area contributed by atoms with E-state index in [4.69, 9.17) is 0 Å². The maximum absolute atomic E-state index is 13.0. The molecule has 0 saturated heterocycles. The maximum atomic E-state index is 13.0.